The van der Waals surface area contributed by atoms with Gasteiger partial charge in [-0.3, -0.25) is 0 Å². The van der Waals surface area contributed by atoms with E-state index in [0.29, 0.717) is 17.7 Å². The maximum absolute atomic E-state index is 13.0. The van der Waals surface area contributed by atoms with Crippen LogP contribution in [-0.4, -0.2) is 11.0 Å². The van der Waals surface area contributed by atoms with Crippen molar-refractivity contribution in [1.82, 2.24) is 10.3 Å². The lowest BCUT2D eigenvalue weighted by atomic mass is 10.2. The van der Waals surface area contributed by atoms with E-state index in [4.69, 9.17) is 4.74 Å². The van der Waals surface area contributed by atoms with Crippen LogP contribution in [-0.2, 0) is 6.54 Å². The molecule has 3 rings (SSSR count). The van der Waals surface area contributed by atoms with Gasteiger partial charge in [0.2, 0.25) is 5.88 Å². The summed E-state index contributed by atoms with van der Waals surface area (Å²) in [6.45, 7) is 2.65. The summed E-state index contributed by atoms with van der Waals surface area (Å²) in [4.78, 5) is 4.28. The molecule has 0 unspecified atom stereocenters. The van der Waals surface area contributed by atoms with Crippen molar-refractivity contribution in [3.05, 3.63) is 53.5 Å². The van der Waals surface area contributed by atoms with E-state index in [2.05, 4.69) is 10.3 Å². The number of nitrogens with zero attached hydrogens (tertiary/aromatic N) is 1. The summed E-state index contributed by atoms with van der Waals surface area (Å²) < 4.78 is 18.7. The molecule has 0 saturated heterocycles. The molecule has 0 spiro atoms. The molecule has 3 nitrogen and oxygen atoms in total. The number of halogens is 1. The van der Waals surface area contributed by atoms with Crippen LogP contribution in [0.3, 0.4) is 0 Å². The maximum atomic E-state index is 13.0. The molecule has 20 heavy (non-hydrogen) atoms. The fourth-order valence-corrected chi connectivity index (χ4v) is 1.97. The van der Waals surface area contributed by atoms with Crippen molar-refractivity contribution in [2.45, 2.75) is 32.4 Å². The topological polar surface area (TPSA) is 34.1 Å². The van der Waals surface area contributed by atoms with Gasteiger partial charge in [0.25, 0.3) is 0 Å². The zero-order chi connectivity index (χ0) is 13.9. The average Bonchev–Trinajstić information content (AvgIpc) is 3.25. The summed E-state index contributed by atoms with van der Waals surface area (Å²) in [7, 11) is 0. The number of aromatic nitrogens is 1. The number of aryl methyl sites for hydroxylation is 1. The van der Waals surface area contributed by atoms with Gasteiger partial charge < -0.3 is 10.1 Å². The molecule has 0 radical (unpaired) electrons. The average molecular weight is 272 g/mol. The highest BCUT2D eigenvalue weighted by Gasteiger charge is 2.19. The van der Waals surface area contributed by atoms with Crippen LogP contribution in [0.4, 0.5) is 4.39 Å². The highest BCUT2D eigenvalue weighted by molar-refractivity contribution is 5.35. The Bertz CT molecular complexity index is 594. The molecule has 0 atom stereocenters. The molecule has 1 heterocycles. The van der Waals surface area contributed by atoms with Crippen LogP contribution in [0.5, 0.6) is 11.6 Å². The molecule has 0 bridgehead atoms. The minimum absolute atomic E-state index is 0.260. The largest absolute Gasteiger partial charge is 0.439 e. The summed E-state index contributed by atoms with van der Waals surface area (Å²) >= 11 is 0. The van der Waals surface area contributed by atoms with Gasteiger partial charge in [-0.25, -0.2) is 9.37 Å². The Labute approximate surface area is 117 Å². The van der Waals surface area contributed by atoms with Crippen molar-refractivity contribution in [2.24, 2.45) is 0 Å². The second kappa shape index (κ2) is 5.59. The van der Waals surface area contributed by atoms with Gasteiger partial charge in [-0.2, -0.15) is 0 Å². The number of rotatable bonds is 5. The quantitative estimate of drug-likeness (QED) is 0.903. The second-order valence-electron chi connectivity index (χ2n) is 5.17. The van der Waals surface area contributed by atoms with E-state index in [1.165, 1.54) is 25.0 Å². The van der Waals surface area contributed by atoms with E-state index in [1.807, 2.05) is 25.3 Å². The number of nitrogens with one attached hydrogen (secondary N) is 1. The molecule has 2 aromatic rings. The third kappa shape index (κ3) is 3.33. The van der Waals surface area contributed by atoms with Crippen LogP contribution in [0.2, 0.25) is 0 Å². The number of hydrogen-bond acceptors (Lipinski definition) is 3. The molecule has 1 aliphatic carbocycles. The highest BCUT2D eigenvalue weighted by atomic mass is 19.1. The van der Waals surface area contributed by atoms with E-state index in [-0.39, 0.29) is 5.82 Å². The summed E-state index contributed by atoms with van der Waals surface area (Å²) in [5.74, 6) is 0.891. The van der Waals surface area contributed by atoms with Gasteiger partial charge >= 0.3 is 0 Å². The van der Waals surface area contributed by atoms with Gasteiger partial charge in [0.1, 0.15) is 11.6 Å². The molecule has 0 aliphatic heterocycles. The van der Waals surface area contributed by atoms with Gasteiger partial charge in [0.05, 0.1) is 0 Å². The Morgan fingerprint density at radius 3 is 2.80 bits per heavy atom. The molecule has 104 valence electrons. The fourth-order valence-electron chi connectivity index (χ4n) is 1.97. The van der Waals surface area contributed by atoms with Gasteiger partial charge in [-0.15, -0.1) is 0 Å². The van der Waals surface area contributed by atoms with Crippen LogP contribution in [0, 0.1) is 12.7 Å². The Morgan fingerprint density at radius 2 is 2.15 bits per heavy atom. The molecule has 4 heteroatoms. The van der Waals surface area contributed by atoms with Crippen molar-refractivity contribution in [1.29, 1.82) is 0 Å². The van der Waals surface area contributed by atoms with Gasteiger partial charge in [0, 0.05) is 24.8 Å². The lowest BCUT2D eigenvalue weighted by molar-refractivity contribution is 0.457. The van der Waals surface area contributed by atoms with E-state index in [9.17, 15) is 4.39 Å². The van der Waals surface area contributed by atoms with E-state index in [0.717, 1.165) is 17.7 Å². The van der Waals surface area contributed by atoms with Crippen molar-refractivity contribution >= 4 is 0 Å². The normalized spacial score (nSPS) is 14.3. The minimum Gasteiger partial charge on any atom is -0.439 e. The van der Waals surface area contributed by atoms with E-state index >= 15 is 0 Å². The third-order valence-corrected chi connectivity index (χ3v) is 3.32. The Balaban J connectivity index is 1.64. The van der Waals surface area contributed by atoms with Crippen LogP contribution in [0.25, 0.3) is 0 Å². The van der Waals surface area contributed by atoms with E-state index in [1.54, 1.807) is 6.07 Å². The summed E-state index contributed by atoms with van der Waals surface area (Å²) in [5, 5.41) is 3.43. The molecule has 1 aromatic heterocycles. The summed E-state index contributed by atoms with van der Waals surface area (Å²) in [6, 6.07) is 8.98. The molecule has 0 amide bonds. The van der Waals surface area contributed by atoms with Gasteiger partial charge in [-0.1, -0.05) is 6.07 Å². The summed E-state index contributed by atoms with van der Waals surface area (Å²) in [6.07, 6.45) is 4.36. The third-order valence-electron chi connectivity index (χ3n) is 3.32. The smallest absolute Gasteiger partial charge is 0.219 e. The Kier molecular flexibility index (Phi) is 3.65. The Morgan fingerprint density at radius 1 is 1.30 bits per heavy atom. The number of pyridine rings is 1. The van der Waals surface area contributed by atoms with Crippen LogP contribution in [0.1, 0.15) is 24.0 Å². The number of ether oxygens (including phenoxy) is 1. The van der Waals surface area contributed by atoms with Crippen molar-refractivity contribution in [3.8, 4) is 11.6 Å². The first-order chi connectivity index (χ1) is 9.70. The molecule has 1 N–H and O–H groups in total. The second-order valence-corrected chi connectivity index (χ2v) is 5.17. The monoisotopic (exact) mass is 272 g/mol. The zero-order valence-corrected chi connectivity index (χ0v) is 11.4. The van der Waals surface area contributed by atoms with Crippen LogP contribution < -0.4 is 10.1 Å². The van der Waals surface area contributed by atoms with Crippen LogP contribution >= 0.6 is 0 Å². The predicted molar refractivity (Wildman–Crippen MR) is 75.3 cm³/mol. The molecule has 1 aliphatic rings. The van der Waals surface area contributed by atoms with E-state index < -0.39 is 0 Å². The highest BCUT2D eigenvalue weighted by Crippen LogP contribution is 2.24. The Hall–Kier alpha value is -1.94. The minimum atomic E-state index is -0.260. The SMILES string of the molecule is Cc1cc(F)ccc1Oc1ccc(CNC2CC2)cn1. The van der Waals surface area contributed by atoms with Gasteiger partial charge in [-0.05, 0) is 49.1 Å². The van der Waals surface area contributed by atoms with Crippen molar-refractivity contribution in [3.63, 3.8) is 0 Å². The maximum Gasteiger partial charge on any atom is 0.219 e. The molecule has 1 saturated carbocycles. The van der Waals surface area contributed by atoms with Gasteiger partial charge in [0.15, 0.2) is 0 Å². The molecular formula is C16H17FN2O. The molecule has 1 fully saturated rings. The van der Waals surface area contributed by atoms with Crippen molar-refractivity contribution < 1.29 is 9.13 Å². The molecule has 1 aromatic carbocycles. The lowest BCUT2D eigenvalue weighted by Gasteiger charge is -2.08. The number of benzene rings is 1. The summed E-state index contributed by atoms with van der Waals surface area (Å²) in [5.41, 5.74) is 1.89. The molecular weight excluding hydrogens is 255 g/mol. The van der Waals surface area contributed by atoms with Crippen LogP contribution in [0.15, 0.2) is 36.5 Å². The number of hydrogen-bond donors (Lipinski definition) is 1. The first-order valence-electron chi connectivity index (χ1n) is 6.83. The lowest BCUT2D eigenvalue weighted by Crippen LogP contribution is -2.15. The van der Waals surface area contributed by atoms with Crippen molar-refractivity contribution in [2.75, 3.05) is 0 Å². The first kappa shape index (κ1) is 13.1. The first-order valence-corrected chi connectivity index (χ1v) is 6.83. The zero-order valence-electron chi connectivity index (χ0n) is 11.4. The predicted octanol–water partition coefficient (Wildman–Crippen LogP) is 3.57. The fraction of sp³-hybridized carbons (Fsp3) is 0.312. The standard InChI is InChI=1S/C16H17FN2O/c1-11-8-13(17)3-6-15(11)20-16-7-2-12(10-19-16)9-18-14-4-5-14/h2-3,6-8,10,14,18H,4-5,9H2,1H3.